The minimum absolute atomic E-state index is 0.0322. The lowest BCUT2D eigenvalue weighted by Gasteiger charge is -2.39. The number of ether oxygens (including phenoxy) is 1. The molecule has 16 heavy (non-hydrogen) atoms. The van der Waals surface area contributed by atoms with Crippen molar-refractivity contribution in [1.29, 1.82) is 0 Å². The van der Waals surface area contributed by atoms with E-state index in [-0.39, 0.29) is 11.4 Å². The molecule has 1 aromatic rings. The van der Waals surface area contributed by atoms with Gasteiger partial charge in [-0.3, -0.25) is 0 Å². The highest BCUT2D eigenvalue weighted by Gasteiger charge is 2.33. The van der Waals surface area contributed by atoms with Gasteiger partial charge in [0.1, 0.15) is 5.82 Å². The molecular formula is C13H18FNO. The van der Waals surface area contributed by atoms with Crippen LogP contribution in [-0.2, 0) is 11.2 Å². The average Bonchev–Trinajstić information content (AvgIpc) is 2.29. The standard InChI is InChI=1S/C13H18FNO/c1-3-13(9-16-2)8-7-10-11(14)5-4-6-12(10)15-13/h4-6,15H,3,7-9H2,1-2H3. The van der Waals surface area contributed by atoms with Crippen molar-refractivity contribution in [2.24, 2.45) is 0 Å². The van der Waals surface area contributed by atoms with Gasteiger partial charge in [-0.05, 0) is 31.4 Å². The second kappa shape index (κ2) is 4.42. The maximum atomic E-state index is 13.5. The third-order valence-corrected chi connectivity index (χ3v) is 3.47. The molecule has 2 nitrogen and oxygen atoms in total. The van der Waals surface area contributed by atoms with Crippen LogP contribution in [0, 0.1) is 5.82 Å². The summed E-state index contributed by atoms with van der Waals surface area (Å²) in [4.78, 5) is 0. The first-order valence-corrected chi connectivity index (χ1v) is 5.75. The molecule has 0 saturated heterocycles. The van der Waals surface area contributed by atoms with Crippen LogP contribution < -0.4 is 5.32 Å². The van der Waals surface area contributed by atoms with Crippen LogP contribution in [0.15, 0.2) is 18.2 Å². The van der Waals surface area contributed by atoms with Crippen LogP contribution in [0.1, 0.15) is 25.3 Å². The van der Waals surface area contributed by atoms with E-state index in [1.807, 2.05) is 6.07 Å². The summed E-state index contributed by atoms with van der Waals surface area (Å²) >= 11 is 0. The zero-order valence-electron chi connectivity index (χ0n) is 9.85. The quantitative estimate of drug-likeness (QED) is 0.850. The highest BCUT2D eigenvalue weighted by atomic mass is 19.1. The Labute approximate surface area is 95.8 Å². The van der Waals surface area contributed by atoms with Crippen molar-refractivity contribution < 1.29 is 9.13 Å². The molecule has 0 fully saturated rings. The number of nitrogens with one attached hydrogen (secondary N) is 1. The lowest BCUT2D eigenvalue weighted by atomic mass is 9.84. The van der Waals surface area contributed by atoms with Gasteiger partial charge in [0, 0.05) is 18.4 Å². The van der Waals surface area contributed by atoms with Crippen LogP contribution in [0.2, 0.25) is 0 Å². The molecule has 0 saturated carbocycles. The second-order valence-corrected chi connectivity index (χ2v) is 4.46. The fourth-order valence-corrected chi connectivity index (χ4v) is 2.39. The highest BCUT2D eigenvalue weighted by molar-refractivity contribution is 5.56. The van der Waals surface area contributed by atoms with Gasteiger partial charge in [-0.2, -0.15) is 0 Å². The molecule has 88 valence electrons. The molecule has 0 amide bonds. The van der Waals surface area contributed by atoms with Gasteiger partial charge in [0.2, 0.25) is 0 Å². The van der Waals surface area contributed by atoms with E-state index in [4.69, 9.17) is 4.74 Å². The maximum absolute atomic E-state index is 13.5. The minimum Gasteiger partial charge on any atom is -0.382 e. The minimum atomic E-state index is -0.105. The normalized spacial score (nSPS) is 23.7. The van der Waals surface area contributed by atoms with E-state index in [9.17, 15) is 4.39 Å². The number of benzene rings is 1. The van der Waals surface area contributed by atoms with Crippen LogP contribution in [-0.4, -0.2) is 19.3 Å². The molecule has 1 unspecified atom stereocenters. The van der Waals surface area contributed by atoms with Gasteiger partial charge in [-0.1, -0.05) is 13.0 Å². The van der Waals surface area contributed by atoms with Crippen LogP contribution in [0.3, 0.4) is 0 Å². The third kappa shape index (κ3) is 1.92. The Hall–Kier alpha value is -1.09. The summed E-state index contributed by atoms with van der Waals surface area (Å²) in [6, 6.07) is 5.22. The molecule has 0 radical (unpaired) electrons. The topological polar surface area (TPSA) is 21.3 Å². The first-order valence-electron chi connectivity index (χ1n) is 5.75. The van der Waals surface area contributed by atoms with Gasteiger partial charge in [0.05, 0.1) is 12.1 Å². The molecule has 1 N–H and O–H groups in total. The summed E-state index contributed by atoms with van der Waals surface area (Å²) in [5.41, 5.74) is 1.70. The molecule has 0 aromatic heterocycles. The smallest absolute Gasteiger partial charge is 0.128 e. The zero-order chi connectivity index (χ0) is 11.6. The Morgan fingerprint density at radius 3 is 3.00 bits per heavy atom. The summed E-state index contributed by atoms with van der Waals surface area (Å²) < 4.78 is 18.8. The Kier molecular flexibility index (Phi) is 3.15. The Bertz CT molecular complexity index is 380. The van der Waals surface area contributed by atoms with Crippen molar-refractivity contribution in [2.45, 2.75) is 31.7 Å². The Morgan fingerprint density at radius 1 is 1.50 bits per heavy atom. The van der Waals surface area contributed by atoms with Crippen LogP contribution in [0.25, 0.3) is 0 Å². The molecule has 1 aromatic carbocycles. The van der Waals surface area contributed by atoms with Gasteiger partial charge in [-0.15, -0.1) is 0 Å². The summed E-state index contributed by atoms with van der Waals surface area (Å²) in [5.74, 6) is -0.105. The summed E-state index contributed by atoms with van der Waals surface area (Å²) in [7, 11) is 1.71. The van der Waals surface area contributed by atoms with Gasteiger partial charge in [-0.25, -0.2) is 4.39 Å². The summed E-state index contributed by atoms with van der Waals surface area (Å²) in [6.07, 6.45) is 2.69. The summed E-state index contributed by atoms with van der Waals surface area (Å²) in [6.45, 7) is 2.80. The van der Waals surface area contributed by atoms with Crippen molar-refractivity contribution in [1.82, 2.24) is 0 Å². The van der Waals surface area contributed by atoms with E-state index in [0.717, 1.165) is 30.5 Å². The predicted octanol–water partition coefficient (Wildman–Crippen LogP) is 2.98. The monoisotopic (exact) mass is 223 g/mol. The van der Waals surface area contributed by atoms with Crippen molar-refractivity contribution in [3.05, 3.63) is 29.6 Å². The van der Waals surface area contributed by atoms with Crippen molar-refractivity contribution in [2.75, 3.05) is 19.0 Å². The molecule has 0 spiro atoms. The second-order valence-electron chi connectivity index (χ2n) is 4.46. The zero-order valence-corrected chi connectivity index (χ0v) is 9.85. The van der Waals surface area contributed by atoms with E-state index in [1.165, 1.54) is 6.07 Å². The molecule has 1 heterocycles. The fourth-order valence-electron chi connectivity index (χ4n) is 2.39. The number of methoxy groups -OCH3 is 1. The molecular weight excluding hydrogens is 205 g/mol. The van der Waals surface area contributed by atoms with Gasteiger partial charge >= 0.3 is 0 Å². The molecule has 0 aliphatic carbocycles. The number of hydrogen-bond donors (Lipinski definition) is 1. The van der Waals surface area contributed by atoms with Crippen molar-refractivity contribution in [3.8, 4) is 0 Å². The van der Waals surface area contributed by atoms with Crippen LogP contribution in [0.5, 0.6) is 0 Å². The lowest BCUT2D eigenvalue weighted by molar-refractivity contribution is 0.133. The van der Waals surface area contributed by atoms with E-state index >= 15 is 0 Å². The Morgan fingerprint density at radius 2 is 2.31 bits per heavy atom. The fraction of sp³-hybridized carbons (Fsp3) is 0.538. The van der Waals surface area contributed by atoms with Crippen LogP contribution >= 0.6 is 0 Å². The number of hydrogen-bond acceptors (Lipinski definition) is 2. The van der Waals surface area contributed by atoms with E-state index in [1.54, 1.807) is 13.2 Å². The molecule has 3 heteroatoms. The van der Waals surface area contributed by atoms with E-state index in [0.29, 0.717) is 6.61 Å². The molecule has 0 bridgehead atoms. The Balaban J connectivity index is 2.29. The van der Waals surface area contributed by atoms with Crippen LogP contribution in [0.4, 0.5) is 10.1 Å². The highest BCUT2D eigenvalue weighted by Crippen LogP contribution is 2.34. The molecule has 1 aliphatic rings. The van der Waals surface area contributed by atoms with Gasteiger partial charge in [0.15, 0.2) is 0 Å². The largest absolute Gasteiger partial charge is 0.382 e. The van der Waals surface area contributed by atoms with E-state index < -0.39 is 0 Å². The number of halogens is 1. The third-order valence-electron chi connectivity index (χ3n) is 3.47. The first kappa shape index (κ1) is 11.4. The molecule has 2 rings (SSSR count). The van der Waals surface area contributed by atoms with Gasteiger partial charge < -0.3 is 10.1 Å². The van der Waals surface area contributed by atoms with E-state index in [2.05, 4.69) is 12.2 Å². The number of rotatable bonds is 3. The lowest BCUT2D eigenvalue weighted by Crippen LogP contribution is -2.45. The van der Waals surface area contributed by atoms with Crippen molar-refractivity contribution >= 4 is 5.69 Å². The SMILES string of the molecule is CCC1(COC)CCc2c(F)cccc2N1. The number of anilines is 1. The molecule has 1 aliphatic heterocycles. The summed E-state index contributed by atoms with van der Waals surface area (Å²) in [5, 5.41) is 3.44. The molecule has 1 atom stereocenters. The number of fused-ring (bicyclic) bond motifs is 1. The predicted molar refractivity (Wildman–Crippen MR) is 63.2 cm³/mol. The van der Waals surface area contributed by atoms with Crippen molar-refractivity contribution in [3.63, 3.8) is 0 Å². The first-order chi connectivity index (χ1) is 7.71. The van der Waals surface area contributed by atoms with Gasteiger partial charge in [0.25, 0.3) is 0 Å². The average molecular weight is 223 g/mol. The maximum Gasteiger partial charge on any atom is 0.128 e.